The van der Waals surface area contributed by atoms with Gasteiger partial charge < -0.3 is 20.3 Å². The van der Waals surface area contributed by atoms with Crippen molar-refractivity contribution in [3.63, 3.8) is 0 Å². The lowest BCUT2D eigenvalue weighted by molar-refractivity contribution is -0.123. The molecule has 6 nitrogen and oxygen atoms in total. The molecular weight excluding hydrogens is 294 g/mol. The number of amides is 2. The number of anilines is 1. The third-order valence-corrected chi connectivity index (χ3v) is 4.37. The molecule has 2 atom stereocenters. The monoisotopic (exact) mass is 317 g/mol. The van der Waals surface area contributed by atoms with Crippen LogP contribution in [0.1, 0.15) is 30.1 Å². The summed E-state index contributed by atoms with van der Waals surface area (Å²) in [5.41, 5.74) is 1.25. The molecule has 2 N–H and O–H groups in total. The van der Waals surface area contributed by atoms with Gasteiger partial charge in [0.05, 0.1) is 12.7 Å². The van der Waals surface area contributed by atoms with E-state index in [4.69, 9.17) is 4.74 Å². The van der Waals surface area contributed by atoms with E-state index in [-0.39, 0.29) is 24.0 Å². The van der Waals surface area contributed by atoms with Crippen molar-refractivity contribution >= 4 is 17.5 Å². The van der Waals surface area contributed by atoms with Crippen molar-refractivity contribution in [2.75, 3.05) is 31.6 Å². The second kappa shape index (κ2) is 7.10. The topological polar surface area (TPSA) is 70.7 Å². The number of ether oxygens (including phenoxy) is 1. The van der Waals surface area contributed by atoms with E-state index in [1.54, 1.807) is 24.3 Å². The second-order valence-electron chi connectivity index (χ2n) is 6.08. The number of benzene rings is 1. The summed E-state index contributed by atoms with van der Waals surface area (Å²) in [6.45, 7) is 4.79. The lowest BCUT2D eigenvalue weighted by atomic mass is 10.1. The quantitative estimate of drug-likeness (QED) is 0.880. The van der Waals surface area contributed by atoms with Gasteiger partial charge in [0.2, 0.25) is 5.91 Å². The molecular formula is C17H23N3O3. The van der Waals surface area contributed by atoms with Gasteiger partial charge in [-0.15, -0.1) is 0 Å². The van der Waals surface area contributed by atoms with Crippen LogP contribution in [0, 0.1) is 0 Å². The molecule has 2 saturated heterocycles. The number of nitrogens with zero attached hydrogens (tertiary/aromatic N) is 1. The molecule has 0 unspecified atom stereocenters. The van der Waals surface area contributed by atoms with Gasteiger partial charge in [-0.2, -0.15) is 0 Å². The number of nitrogens with one attached hydrogen (secondary N) is 2. The Balaban J connectivity index is 1.67. The molecule has 6 heteroatoms. The number of morpholine rings is 1. The highest BCUT2D eigenvalue weighted by Gasteiger charge is 2.28. The van der Waals surface area contributed by atoms with Gasteiger partial charge in [-0.3, -0.25) is 9.59 Å². The van der Waals surface area contributed by atoms with E-state index in [1.807, 2.05) is 11.8 Å². The SMILES string of the molecule is C[C@H]1OCCN[C@@H]1C(=O)Nc1cccc(C(=O)N2CCCC2)c1. The highest BCUT2D eigenvalue weighted by Crippen LogP contribution is 2.17. The predicted octanol–water partition coefficient (Wildman–Crippen LogP) is 1.24. The summed E-state index contributed by atoms with van der Waals surface area (Å²) >= 11 is 0. The molecule has 0 radical (unpaired) electrons. The van der Waals surface area contributed by atoms with Gasteiger partial charge >= 0.3 is 0 Å². The zero-order valence-corrected chi connectivity index (χ0v) is 13.4. The second-order valence-corrected chi connectivity index (χ2v) is 6.08. The average molecular weight is 317 g/mol. The number of carbonyl (C=O) groups is 2. The third-order valence-electron chi connectivity index (χ3n) is 4.37. The van der Waals surface area contributed by atoms with Crippen molar-refractivity contribution in [2.45, 2.75) is 31.9 Å². The molecule has 2 amide bonds. The van der Waals surface area contributed by atoms with Crippen molar-refractivity contribution in [3.8, 4) is 0 Å². The minimum Gasteiger partial charge on any atom is -0.375 e. The Morgan fingerprint density at radius 2 is 2.09 bits per heavy atom. The summed E-state index contributed by atoms with van der Waals surface area (Å²) in [6, 6.07) is 6.76. The molecule has 2 aliphatic heterocycles. The maximum atomic E-state index is 12.4. The van der Waals surface area contributed by atoms with Crippen LogP contribution in [0.4, 0.5) is 5.69 Å². The van der Waals surface area contributed by atoms with Crippen LogP contribution in [0.25, 0.3) is 0 Å². The van der Waals surface area contributed by atoms with Crippen molar-refractivity contribution in [3.05, 3.63) is 29.8 Å². The van der Waals surface area contributed by atoms with E-state index in [9.17, 15) is 9.59 Å². The largest absolute Gasteiger partial charge is 0.375 e. The number of likely N-dealkylation sites (tertiary alicyclic amines) is 1. The van der Waals surface area contributed by atoms with Gasteiger partial charge in [0.25, 0.3) is 5.91 Å². The van der Waals surface area contributed by atoms with Crippen molar-refractivity contribution in [1.82, 2.24) is 10.2 Å². The van der Waals surface area contributed by atoms with Gasteiger partial charge in [0.15, 0.2) is 0 Å². The number of rotatable bonds is 3. The van der Waals surface area contributed by atoms with Gasteiger partial charge in [-0.05, 0) is 38.0 Å². The Morgan fingerprint density at radius 1 is 1.30 bits per heavy atom. The van der Waals surface area contributed by atoms with E-state index >= 15 is 0 Å². The van der Waals surface area contributed by atoms with Gasteiger partial charge in [-0.1, -0.05) is 6.07 Å². The van der Waals surface area contributed by atoms with Crippen LogP contribution in [0.3, 0.4) is 0 Å². The molecule has 0 aromatic heterocycles. The van der Waals surface area contributed by atoms with Crippen LogP contribution in [0.2, 0.25) is 0 Å². The molecule has 23 heavy (non-hydrogen) atoms. The molecule has 0 spiro atoms. The lowest BCUT2D eigenvalue weighted by Crippen LogP contribution is -2.53. The van der Waals surface area contributed by atoms with Gasteiger partial charge in [0.1, 0.15) is 6.04 Å². The fourth-order valence-electron chi connectivity index (χ4n) is 3.08. The highest BCUT2D eigenvalue weighted by molar-refractivity contribution is 5.98. The molecule has 2 fully saturated rings. The van der Waals surface area contributed by atoms with Crippen LogP contribution in [0.5, 0.6) is 0 Å². The van der Waals surface area contributed by atoms with E-state index < -0.39 is 0 Å². The minimum absolute atomic E-state index is 0.0334. The number of carbonyl (C=O) groups excluding carboxylic acids is 2. The summed E-state index contributed by atoms with van der Waals surface area (Å²) in [5, 5.41) is 6.03. The first-order valence-corrected chi connectivity index (χ1v) is 8.20. The average Bonchev–Trinajstić information content (AvgIpc) is 3.09. The first-order chi connectivity index (χ1) is 11.1. The lowest BCUT2D eigenvalue weighted by Gasteiger charge is -2.29. The van der Waals surface area contributed by atoms with Crippen LogP contribution in [-0.4, -0.2) is 55.1 Å². The molecule has 124 valence electrons. The standard InChI is InChI=1S/C17H23N3O3/c1-12-15(18-7-10-23-12)16(21)19-14-6-4-5-13(11-14)17(22)20-8-2-3-9-20/h4-6,11-12,15,18H,2-3,7-10H2,1H3,(H,19,21)/t12-,15+/m1/s1. The predicted molar refractivity (Wildman–Crippen MR) is 87.4 cm³/mol. The Morgan fingerprint density at radius 3 is 2.83 bits per heavy atom. The minimum atomic E-state index is -0.373. The molecule has 2 aliphatic rings. The Hall–Kier alpha value is -1.92. The van der Waals surface area contributed by atoms with Crippen LogP contribution < -0.4 is 10.6 Å². The zero-order valence-electron chi connectivity index (χ0n) is 13.4. The third kappa shape index (κ3) is 3.71. The first kappa shape index (κ1) is 16.0. The number of hydrogen-bond donors (Lipinski definition) is 2. The van der Waals surface area contributed by atoms with Crippen LogP contribution in [-0.2, 0) is 9.53 Å². The van der Waals surface area contributed by atoms with Crippen molar-refractivity contribution < 1.29 is 14.3 Å². The fourth-order valence-corrected chi connectivity index (χ4v) is 3.08. The van der Waals surface area contributed by atoms with Crippen molar-refractivity contribution in [1.29, 1.82) is 0 Å². The molecule has 0 aliphatic carbocycles. The molecule has 1 aromatic rings. The Kier molecular flexibility index (Phi) is 4.93. The summed E-state index contributed by atoms with van der Waals surface area (Å²) in [6.07, 6.45) is 1.96. The van der Waals surface area contributed by atoms with E-state index in [1.165, 1.54) is 0 Å². The van der Waals surface area contributed by atoms with Gasteiger partial charge in [-0.25, -0.2) is 0 Å². The number of hydrogen-bond acceptors (Lipinski definition) is 4. The molecule has 3 rings (SSSR count). The summed E-state index contributed by atoms with van der Waals surface area (Å²) < 4.78 is 5.49. The van der Waals surface area contributed by atoms with Crippen molar-refractivity contribution in [2.24, 2.45) is 0 Å². The Labute approximate surface area is 136 Å². The summed E-state index contributed by atoms with van der Waals surface area (Å²) in [5.74, 6) is -0.103. The summed E-state index contributed by atoms with van der Waals surface area (Å²) in [4.78, 5) is 26.6. The Bertz CT molecular complexity index is 584. The normalized spacial score (nSPS) is 24.5. The van der Waals surface area contributed by atoms with E-state index in [0.29, 0.717) is 24.4 Å². The summed E-state index contributed by atoms with van der Waals surface area (Å²) in [7, 11) is 0. The van der Waals surface area contributed by atoms with E-state index in [0.717, 1.165) is 25.9 Å². The molecule has 0 bridgehead atoms. The molecule has 0 saturated carbocycles. The van der Waals surface area contributed by atoms with Gasteiger partial charge in [0, 0.05) is 30.9 Å². The first-order valence-electron chi connectivity index (χ1n) is 8.20. The molecule has 2 heterocycles. The van der Waals surface area contributed by atoms with Crippen LogP contribution in [0.15, 0.2) is 24.3 Å². The molecule has 1 aromatic carbocycles. The maximum Gasteiger partial charge on any atom is 0.253 e. The smallest absolute Gasteiger partial charge is 0.253 e. The zero-order chi connectivity index (χ0) is 16.2. The van der Waals surface area contributed by atoms with Crippen LogP contribution >= 0.6 is 0 Å². The van der Waals surface area contributed by atoms with E-state index in [2.05, 4.69) is 10.6 Å². The fraction of sp³-hybridized carbons (Fsp3) is 0.529. The maximum absolute atomic E-state index is 12.4. The highest BCUT2D eigenvalue weighted by atomic mass is 16.5.